The fourth-order valence-electron chi connectivity index (χ4n) is 1.05. The summed E-state index contributed by atoms with van der Waals surface area (Å²) in [5, 5.41) is 15.4. The van der Waals surface area contributed by atoms with Crippen molar-refractivity contribution in [3.63, 3.8) is 0 Å². The van der Waals surface area contributed by atoms with Crippen LogP contribution in [0.2, 0.25) is 0 Å². The molecule has 1 heterocycles. The molecule has 1 unspecified atom stereocenters. The third-order valence-electron chi connectivity index (χ3n) is 1.65. The number of H-pyrrole nitrogens is 1. The predicted octanol–water partition coefficient (Wildman–Crippen LogP) is 0.118. The van der Waals surface area contributed by atoms with Crippen LogP contribution in [0.15, 0.2) is 0 Å². The fourth-order valence-corrected chi connectivity index (χ4v) is 1.05. The fraction of sp³-hybridized carbons (Fsp3) is 0.714. The Kier molecular flexibility index (Phi) is 3.36. The Morgan fingerprint density at radius 2 is 2.46 bits per heavy atom. The number of aromatic amines is 1. The monoisotopic (exact) mass is 183 g/mol. The minimum atomic E-state index is -0.283. The Balaban J connectivity index is 2.42. The van der Waals surface area contributed by atoms with Gasteiger partial charge in [-0.3, -0.25) is 4.79 Å². The van der Waals surface area contributed by atoms with Gasteiger partial charge in [-0.1, -0.05) is 13.3 Å². The molecule has 13 heavy (non-hydrogen) atoms. The molecule has 0 aliphatic heterocycles. The first-order valence-electron chi connectivity index (χ1n) is 4.28. The second-order valence-electron chi connectivity index (χ2n) is 2.90. The Morgan fingerprint density at radius 1 is 1.69 bits per heavy atom. The summed E-state index contributed by atoms with van der Waals surface area (Å²) in [4.78, 5) is 11.3. The van der Waals surface area contributed by atoms with Crippen LogP contribution >= 0.6 is 0 Å². The van der Waals surface area contributed by atoms with Crippen molar-refractivity contribution in [3.05, 3.63) is 5.82 Å². The molecule has 0 aromatic carbocycles. The van der Waals surface area contributed by atoms with Gasteiger partial charge < -0.3 is 5.32 Å². The molecule has 1 amide bonds. The molecule has 0 aliphatic carbocycles. The van der Waals surface area contributed by atoms with Crippen molar-refractivity contribution in [2.75, 3.05) is 0 Å². The van der Waals surface area contributed by atoms with Crippen molar-refractivity contribution in [1.82, 2.24) is 25.9 Å². The first-order chi connectivity index (χ1) is 6.24. The molecule has 0 fully saturated rings. The summed E-state index contributed by atoms with van der Waals surface area (Å²) < 4.78 is 0. The van der Waals surface area contributed by atoms with E-state index >= 15 is 0 Å². The molecule has 72 valence electrons. The minimum absolute atomic E-state index is 0.0861. The van der Waals surface area contributed by atoms with Crippen molar-refractivity contribution >= 4 is 5.91 Å². The average Bonchev–Trinajstić information content (AvgIpc) is 2.55. The van der Waals surface area contributed by atoms with Crippen LogP contribution in [0.4, 0.5) is 0 Å². The van der Waals surface area contributed by atoms with Gasteiger partial charge in [0.15, 0.2) is 0 Å². The highest BCUT2D eigenvalue weighted by Gasteiger charge is 2.12. The van der Waals surface area contributed by atoms with E-state index < -0.39 is 0 Å². The van der Waals surface area contributed by atoms with E-state index in [2.05, 4.69) is 32.9 Å². The van der Waals surface area contributed by atoms with Crippen molar-refractivity contribution < 1.29 is 4.79 Å². The van der Waals surface area contributed by atoms with E-state index in [0.29, 0.717) is 0 Å². The van der Waals surface area contributed by atoms with Crippen LogP contribution in [0, 0.1) is 0 Å². The minimum Gasteiger partial charge on any atom is -0.347 e. The van der Waals surface area contributed by atoms with Gasteiger partial charge in [-0.25, -0.2) is 0 Å². The zero-order valence-electron chi connectivity index (χ0n) is 7.74. The Morgan fingerprint density at radius 3 is 3.00 bits per heavy atom. The van der Waals surface area contributed by atoms with E-state index in [0.717, 1.165) is 12.8 Å². The molecule has 0 spiro atoms. The lowest BCUT2D eigenvalue weighted by Crippen LogP contribution is -2.33. The highest BCUT2D eigenvalue weighted by molar-refractivity contribution is 5.90. The van der Waals surface area contributed by atoms with Gasteiger partial charge in [-0.05, 0) is 18.6 Å². The van der Waals surface area contributed by atoms with Crippen molar-refractivity contribution in [2.45, 2.75) is 32.7 Å². The molecule has 1 atom stereocenters. The molecule has 1 aromatic rings. The van der Waals surface area contributed by atoms with Crippen LogP contribution < -0.4 is 5.32 Å². The van der Waals surface area contributed by atoms with E-state index in [4.69, 9.17) is 0 Å². The van der Waals surface area contributed by atoms with Crippen LogP contribution in [0.3, 0.4) is 0 Å². The highest BCUT2D eigenvalue weighted by Crippen LogP contribution is 1.95. The molecule has 0 aliphatic rings. The van der Waals surface area contributed by atoms with Gasteiger partial charge in [0, 0.05) is 6.04 Å². The number of hydrogen-bond acceptors (Lipinski definition) is 4. The topological polar surface area (TPSA) is 83.6 Å². The highest BCUT2D eigenvalue weighted by atomic mass is 16.2. The summed E-state index contributed by atoms with van der Waals surface area (Å²) in [5.74, 6) is -0.197. The number of nitrogens with one attached hydrogen (secondary N) is 2. The van der Waals surface area contributed by atoms with Gasteiger partial charge in [-0.15, -0.1) is 10.2 Å². The molecular formula is C7H13N5O. The van der Waals surface area contributed by atoms with Crippen LogP contribution in [-0.2, 0) is 0 Å². The van der Waals surface area contributed by atoms with Crippen molar-refractivity contribution in [3.8, 4) is 0 Å². The lowest BCUT2D eigenvalue weighted by molar-refractivity contribution is 0.0928. The number of carbonyl (C=O) groups excluding carboxylic acids is 1. The second-order valence-corrected chi connectivity index (χ2v) is 2.90. The number of nitrogens with zero attached hydrogens (tertiary/aromatic N) is 3. The lowest BCUT2D eigenvalue weighted by atomic mass is 10.2. The largest absolute Gasteiger partial charge is 0.347 e. The Bertz CT molecular complexity index is 258. The molecule has 1 rings (SSSR count). The summed E-state index contributed by atoms with van der Waals surface area (Å²) in [6.45, 7) is 4.01. The lowest BCUT2D eigenvalue weighted by Gasteiger charge is -2.09. The first kappa shape index (κ1) is 9.63. The number of carbonyl (C=O) groups is 1. The maximum atomic E-state index is 11.3. The zero-order chi connectivity index (χ0) is 9.68. The van der Waals surface area contributed by atoms with Gasteiger partial charge in [0.1, 0.15) is 0 Å². The molecule has 0 saturated heterocycles. The summed E-state index contributed by atoms with van der Waals surface area (Å²) >= 11 is 0. The molecule has 6 nitrogen and oxygen atoms in total. The summed E-state index contributed by atoms with van der Waals surface area (Å²) in [6.07, 6.45) is 1.98. The van der Waals surface area contributed by atoms with Gasteiger partial charge in [0.25, 0.3) is 11.7 Å². The van der Waals surface area contributed by atoms with Crippen molar-refractivity contribution in [2.24, 2.45) is 0 Å². The smallest absolute Gasteiger partial charge is 0.293 e. The normalized spacial score (nSPS) is 12.5. The predicted molar refractivity (Wildman–Crippen MR) is 46.0 cm³/mol. The van der Waals surface area contributed by atoms with Crippen LogP contribution in [0.5, 0.6) is 0 Å². The summed E-state index contributed by atoms with van der Waals surface area (Å²) in [6, 6.07) is 0.149. The number of amides is 1. The molecular weight excluding hydrogens is 170 g/mol. The van der Waals surface area contributed by atoms with Crippen LogP contribution in [0.25, 0.3) is 0 Å². The number of aromatic nitrogens is 4. The van der Waals surface area contributed by atoms with Crippen LogP contribution in [-0.4, -0.2) is 32.6 Å². The van der Waals surface area contributed by atoms with E-state index in [1.54, 1.807) is 0 Å². The molecule has 2 N–H and O–H groups in total. The number of tetrazole rings is 1. The molecule has 0 saturated carbocycles. The van der Waals surface area contributed by atoms with E-state index in [-0.39, 0.29) is 17.8 Å². The Hall–Kier alpha value is -1.46. The maximum absolute atomic E-state index is 11.3. The van der Waals surface area contributed by atoms with Gasteiger partial charge in [-0.2, -0.15) is 5.21 Å². The molecule has 0 bridgehead atoms. The zero-order valence-corrected chi connectivity index (χ0v) is 7.74. The summed E-state index contributed by atoms with van der Waals surface area (Å²) in [7, 11) is 0. The van der Waals surface area contributed by atoms with E-state index in [9.17, 15) is 4.79 Å². The third kappa shape index (κ3) is 2.81. The average molecular weight is 183 g/mol. The third-order valence-corrected chi connectivity index (χ3v) is 1.65. The molecule has 0 radical (unpaired) electrons. The Labute approximate surface area is 76.1 Å². The summed E-state index contributed by atoms with van der Waals surface area (Å²) in [5.41, 5.74) is 0. The number of hydrogen-bond donors (Lipinski definition) is 2. The maximum Gasteiger partial charge on any atom is 0.293 e. The van der Waals surface area contributed by atoms with Gasteiger partial charge in [0.05, 0.1) is 0 Å². The van der Waals surface area contributed by atoms with E-state index in [1.807, 2.05) is 6.92 Å². The van der Waals surface area contributed by atoms with E-state index in [1.165, 1.54) is 0 Å². The molecule has 1 aromatic heterocycles. The molecule has 6 heteroatoms. The quantitative estimate of drug-likeness (QED) is 0.694. The van der Waals surface area contributed by atoms with Crippen LogP contribution in [0.1, 0.15) is 37.3 Å². The first-order valence-corrected chi connectivity index (χ1v) is 4.28. The number of rotatable bonds is 4. The van der Waals surface area contributed by atoms with Gasteiger partial charge in [0.2, 0.25) is 0 Å². The van der Waals surface area contributed by atoms with Crippen molar-refractivity contribution in [1.29, 1.82) is 0 Å². The standard InChI is InChI=1S/C7H13N5O/c1-3-4-5(2)8-7(13)6-9-11-12-10-6/h5H,3-4H2,1-2H3,(H,8,13)(H,9,10,11,12). The van der Waals surface area contributed by atoms with Gasteiger partial charge >= 0.3 is 0 Å². The SMILES string of the molecule is CCCC(C)NC(=O)c1nn[nH]n1. The second kappa shape index (κ2) is 4.54.